The molecular weight excluding hydrogens is 294 g/mol. The molecular formula is C18H21NO2S. The molecule has 0 spiro atoms. The molecule has 0 saturated heterocycles. The number of para-hydroxylation sites is 1. The second kappa shape index (κ2) is 7.36. The van der Waals surface area contributed by atoms with Crippen molar-refractivity contribution < 1.29 is 9.53 Å². The number of benzene rings is 2. The first-order valence-electron chi connectivity index (χ1n) is 7.19. The Morgan fingerprint density at radius 3 is 2.64 bits per heavy atom. The van der Waals surface area contributed by atoms with Crippen LogP contribution < -0.4 is 10.1 Å². The Balaban J connectivity index is 2.07. The molecule has 1 N–H and O–H groups in total. The number of aryl methyl sites for hydroxylation is 2. The van der Waals surface area contributed by atoms with E-state index in [1.54, 1.807) is 18.7 Å². The highest BCUT2D eigenvalue weighted by Gasteiger charge is 2.17. The summed E-state index contributed by atoms with van der Waals surface area (Å²) in [6, 6.07) is 13.7. The predicted octanol–water partition coefficient (Wildman–Crippen LogP) is 4.43. The van der Waals surface area contributed by atoms with Gasteiger partial charge in [0.2, 0.25) is 0 Å². The monoisotopic (exact) mass is 315 g/mol. The highest BCUT2D eigenvalue weighted by molar-refractivity contribution is 7.98. The number of amides is 1. The molecule has 2 rings (SSSR count). The van der Waals surface area contributed by atoms with E-state index in [0.29, 0.717) is 0 Å². The third kappa shape index (κ3) is 4.04. The van der Waals surface area contributed by atoms with Crippen LogP contribution in [0.1, 0.15) is 18.1 Å². The number of carbonyl (C=O) groups excluding carboxylic acids is 1. The van der Waals surface area contributed by atoms with Crippen molar-refractivity contribution in [2.75, 3.05) is 11.6 Å². The van der Waals surface area contributed by atoms with Crippen molar-refractivity contribution in [3.8, 4) is 5.75 Å². The molecule has 0 saturated carbocycles. The molecule has 1 atom stereocenters. The van der Waals surface area contributed by atoms with Crippen LogP contribution in [0.5, 0.6) is 5.75 Å². The van der Waals surface area contributed by atoms with Crippen molar-refractivity contribution in [2.24, 2.45) is 0 Å². The maximum absolute atomic E-state index is 12.3. The van der Waals surface area contributed by atoms with E-state index in [-0.39, 0.29) is 5.91 Å². The number of carbonyl (C=O) groups is 1. The number of rotatable bonds is 5. The lowest BCUT2D eigenvalue weighted by Crippen LogP contribution is -2.30. The zero-order valence-corrected chi connectivity index (χ0v) is 14.2. The lowest BCUT2D eigenvalue weighted by Gasteiger charge is -2.17. The molecule has 0 bridgehead atoms. The SMILES string of the molecule is CSc1ccccc1NC(=O)[C@@H](C)Oc1cc(C)ccc1C. The zero-order chi connectivity index (χ0) is 16.1. The van der Waals surface area contributed by atoms with E-state index in [1.165, 1.54) is 0 Å². The quantitative estimate of drug-likeness (QED) is 0.829. The van der Waals surface area contributed by atoms with E-state index in [2.05, 4.69) is 5.32 Å². The van der Waals surface area contributed by atoms with Crippen molar-refractivity contribution in [1.29, 1.82) is 0 Å². The number of anilines is 1. The highest BCUT2D eigenvalue weighted by atomic mass is 32.2. The summed E-state index contributed by atoms with van der Waals surface area (Å²) in [5, 5.41) is 2.93. The highest BCUT2D eigenvalue weighted by Crippen LogP contribution is 2.25. The Hall–Kier alpha value is -1.94. The number of thioether (sulfide) groups is 1. The first kappa shape index (κ1) is 16.4. The average Bonchev–Trinajstić information content (AvgIpc) is 2.51. The van der Waals surface area contributed by atoms with Gasteiger partial charge in [-0.1, -0.05) is 24.3 Å². The normalized spacial score (nSPS) is 11.8. The minimum atomic E-state index is -0.560. The van der Waals surface area contributed by atoms with Crippen LogP contribution >= 0.6 is 11.8 Å². The van der Waals surface area contributed by atoms with E-state index >= 15 is 0 Å². The van der Waals surface area contributed by atoms with Crippen LogP contribution in [0, 0.1) is 13.8 Å². The minimum Gasteiger partial charge on any atom is -0.481 e. The maximum Gasteiger partial charge on any atom is 0.265 e. The lowest BCUT2D eigenvalue weighted by atomic mass is 10.1. The number of ether oxygens (including phenoxy) is 1. The van der Waals surface area contributed by atoms with Gasteiger partial charge in [0.15, 0.2) is 6.10 Å². The molecule has 2 aromatic carbocycles. The molecule has 0 aliphatic rings. The second-order valence-corrected chi connectivity index (χ2v) is 6.07. The predicted molar refractivity (Wildman–Crippen MR) is 92.9 cm³/mol. The molecule has 1 amide bonds. The van der Waals surface area contributed by atoms with E-state index < -0.39 is 6.10 Å². The van der Waals surface area contributed by atoms with Crippen LogP contribution in [0.3, 0.4) is 0 Å². The smallest absolute Gasteiger partial charge is 0.265 e. The Bertz CT molecular complexity index is 670. The van der Waals surface area contributed by atoms with Crippen LogP contribution in [0.4, 0.5) is 5.69 Å². The van der Waals surface area contributed by atoms with E-state index in [0.717, 1.165) is 27.5 Å². The van der Waals surface area contributed by atoms with Gasteiger partial charge >= 0.3 is 0 Å². The van der Waals surface area contributed by atoms with Crippen LogP contribution in [0.15, 0.2) is 47.4 Å². The van der Waals surface area contributed by atoms with Gasteiger partial charge in [0.1, 0.15) is 5.75 Å². The summed E-state index contributed by atoms with van der Waals surface area (Å²) in [6.45, 7) is 5.74. The van der Waals surface area contributed by atoms with Gasteiger partial charge in [0.25, 0.3) is 5.91 Å². The van der Waals surface area contributed by atoms with Crippen molar-refractivity contribution in [3.05, 3.63) is 53.6 Å². The van der Waals surface area contributed by atoms with Crippen molar-refractivity contribution in [3.63, 3.8) is 0 Å². The maximum atomic E-state index is 12.3. The third-order valence-corrected chi connectivity index (χ3v) is 4.18. The molecule has 0 aromatic heterocycles. The Morgan fingerprint density at radius 2 is 1.91 bits per heavy atom. The fourth-order valence-electron chi connectivity index (χ4n) is 2.06. The largest absolute Gasteiger partial charge is 0.481 e. The number of nitrogens with one attached hydrogen (secondary N) is 1. The van der Waals surface area contributed by atoms with Gasteiger partial charge < -0.3 is 10.1 Å². The van der Waals surface area contributed by atoms with Gasteiger partial charge in [-0.25, -0.2) is 0 Å². The van der Waals surface area contributed by atoms with Crippen molar-refractivity contribution in [1.82, 2.24) is 0 Å². The van der Waals surface area contributed by atoms with Gasteiger partial charge in [-0.2, -0.15) is 0 Å². The van der Waals surface area contributed by atoms with Gasteiger partial charge in [-0.05, 0) is 56.4 Å². The first-order chi connectivity index (χ1) is 10.5. The minimum absolute atomic E-state index is 0.151. The van der Waals surface area contributed by atoms with Crippen molar-refractivity contribution in [2.45, 2.75) is 31.8 Å². The number of hydrogen-bond donors (Lipinski definition) is 1. The lowest BCUT2D eigenvalue weighted by molar-refractivity contribution is -0.122. The molecule has 0 fully saturated rings. The summed E-state index contributed by atoms with van der Waals surface area (Å²) in [7, 11) is 0. The fourth-order valence-corrected chi connectivity index (χ4v) is 2.61. The summed E-state index contributed by atoms with van der Waals surface area (Å²) in [5.41, 5.74) is 2.95. The Labute approximate surface area is 136 Å². The molecule has 0 heterocycles. The molecule has 3 nitrogen and oxygen atoms in total. The summed E-state index contributed by atoms with van der Waals surface area (Å²) in [5.74, 6) is 0.600. The standard InChI is InChI=1S/C18H21NO2S/c1-12-9-10-13(2)16(11-12)21-14(3)18(20)19-15-7-5-6-8-17(15)22-4/h5-11,14H,1-4H3,(H,19,20)/t14-/m1/s1. The molecule has 2 aromatic rings. The van der Waals surface area contributed by atoms with Gasteiger partial charge in [-0.3, -0.25) is 4.79 Å². The Kier molecular flexibility index (Phi) is 5.50. The van der Waals surface area contributed by atoms with E-state index in [4.69, 9.17) is 4.74 Å². The van der Waals surface area contributed by atoms with E-state index in [1.807, 2.05) is 62.6 Å². The van der Waals surface area contributed by atoms with Crippen LogP contribution in [-0.2, 0) is 4.79 Å². The summed E-state index contributed by atoms with van der Waals surface area (Å²) < 4.78 is 5.81. The molecule has 0 aliphatic carbocycles. The van der Waals surface area contributed by atoms with Crippen LogP contribution in [-0.4, -0.2) is 18.3 Å². The summed E-state index contributed by atoms with van der Waals surface area (Å²) in [6.07, 6.45) is 1.43. The first-order valence-corrected chi connectivity index (χ1v) is 8.41. The molecule has 22 heavy (non-hydrogen) atoms. The zero-order valence-electron chi connectivity index (χ0n) is 13.3. The topological polar surface area (TPSA) is 38.3 Å². The molecule has 0 aliphatic heterocycles. The molecule has 4 heteroatoms. The summed E-state index contributed by atoms with van der Waals surface area (Å²) >= 11 is 1.60. The van der Waals surface area contributed by atoms with E-state index in [9.17, 15) is 4.79 Å². The molecule has 0 unspecified atom stereocenters. The molecule has 0 radical (unpaired) electrons. The second-order valence-electron chi connectivity index (χ2n) is 5.22. The number of hydrogen-bond acceptors (Lipinski definition) is 3. The van der Waals surface area contributed by atoms with Gasteiger partial charge in [0.05, 0.1) is 5.69 Å². The molecule has 116 valence electrons. The van der Waals surface area contributed by atoms with Gasteiger partial charge in [0, 0.05) is 4.90 Å². The fraction of sp³-hybridized carbons (Fsp3) is 0.278. The third-order valence-electron chi connectivity index (χ3n) is 3.38. The average molecular weight is 315 g/mol. The Morgan fingerprint density at radius 1 is 1.18 bits per heavy atom. The van der Waals surface area contributed by atoms with Crippen LogP contribution in [0.25, 0.3) is 0 Å². The summed E-state index contributed by atoms with van der Waals surface area (Å²) in [4.78, 5) is 13.4. The van der Waals surface area contributed by atoms with Crippen LogP contribution in [0.2, 0.25) is 0 Å². The van der Waals surface area contributed by atoms with Crippen molar-refractivity contribution >= 4 is 23.4 Å². The van der Waals surface area contributed by atoms with Gasteiger partial charge in [-0.15, -0.1) is 11.8 Å².